The lowest BCUT2D eigenvalue weighted by molar-refractivity contribution is -0.151. The second-order valence-electron chi connectivity index (χ2n) is 6.52. The standard InChI is InChI=1S/C20H18Cl2N2O4/c1-12-2-5-15(6-3-12)24-10-13(8-19(24)26)20(27)28-11-18(25)23-17-9-14(21)4-7-16(17)22/h2-7,9,13H,8,10-11H2,1H3,(H,23,25)/t13-/m1/s1. The molecule has 0 saturated carbocycles. The van der Waals surface area contributed by atoms with Gasteiger partial charge in [-0.3, -0.25) is 14.4 Å². The van der Waals surface area contributed by atoms with Crippen LogP contribution in [-0.2, 0) is 19.1 Å². The normalized spacial score (nSPS) is 16.2. The van der Waals surface area contributed by atoms with E-state index in [-0.39, 0.29) is 18.9 Å². The number of hydrogen-bond donors (Lipinski definition) is 1. The van der Waals surface area contributed by atoms with Crippen molar-refractivity contribution in [2.24, 2.45) is 5.92 Å². The summed E-state index contributed by atoms with van der Waals surface area (Å²) in [5.41, 5.74) is 2.15. The number of halogens is 2. The van der Waals surface area contributed by atoms with Gasteiger partial charge in [0.25, 0.3) is 5.91 Å². The molecule has 1 saturated heterocycles. The Morgan fingerprint density at radius 2 is 1.89 bits per heavy atom. The Kier molecular flexibility index (Phi) is 6.21. The fraction of sp³-hybridized carbons (Fsp3) is 0.250. The van der Waals surface area contributed by atoms with Crippen molar-refractivity contribution in [1.29, 1.82) is 0 Å². The zero-order valence-corrected chi connectivity index (χ0v) is 16.6. The summed E-state index contributed by atoms with van der Waals surface area (Å²) in [7, 11) is 0. The molecule has 0 radical (unpaired) electrons. The summed E-state index contributed by atoms with van der Waals surface area (Å²) >= 11 is 11.9. The van der Waals surface area contributed by atoms with Crippen LogP contribution in [-0.4, -0.2) is 30.9 Å². The smallest absolute Gasteiger partial charge is 0.311 e. The monoisotopic (exact) mass is 420 g/mol. The Balaban J connectivity index is 1.53. The number of aryl methyl sites for hydroxylation is 1. The summed E-state index contributed by atoms with van der Waals surface area (Å²) in [4.78, 5) is 38.1. The lowest BCUT2D eigenvalue weighted by Crippen LogP contribution is -2.28. The molecule has 1 atom stereocenters. The average Bonchev–Trinajstić information content (AvgIpc) is 3.05. The van der Waals surface area contributed by atoms with E-state index >= 15 is 0 Å². The number of nitrogens with zero attached hydrogens (tertiary/aromatic N) is 1. The predicted molar refractivity (Wildman–Crippen MR) is 108 cm³/mol. The molecule has 0 spiro atoms. The number of carbonyl (C=O) groups excluding carboxylic acids is 3. The van der Waals surface area contributed by atoms with Gasteiger partial charge in [0, 0.05) is 23.7 Å². The minimum Gasteiger partial charge on any atom is -0.455 e. The first-order valence-corrected chi connectivity index (χ1v) is 9.37. The third-order valence-electron chi connectivity index (χ3n) is 4.35. The topological polar surface area (TPSA) is 75.7 Å². The van der Waals surface area contributed by atoms with E-state index in [4.69, 9.17) is 27.9 Å². The first-order valence-electron chi connectivity index (χ1n) is 8.62. The Morgan fingerprint density at radius 3 is 2.61 bits per heavy atom. The predicted octanol–water partition coefficient (Wildman–Crippen LogP) is 3.84. The van der Waals surface area contributed by atoms with Crippen molar-refractivity contribution < 1.29 is 19.1 Å². The molecule has 8 heteroatoms. The van der Waals surface area contributed by atoms with Crippen LogP contribution in [0.4, 0.5) is 11.4 Å². The zero-order chi connectivity index (χ0) is 20.3. The van der Waals surface area contributed by atoms with E-state index in [0.717, 1.165) is 11.3 Å². The second kappa shape index (κ2) is 8.63. The Morgan fingerprint density at radius 1 is 1.18 bits per heavy atom. The molecule has 2 aromatic carbocycles. The number of hydrogen-bond acceptors (Lipinski definition) is 4. The van der Waals surface area contributed by atoms with Crippen LogP contribution < -0.4 is 10.2 Å². The number of ether oxygens (including phenoxy) is 1. The van der Waals surface area contributed by atoms with E-state index in [0.29, 0.717) is 15.7 Å². The third kappa shape index (κ3) is 4.82. The minimum absolute atomic E-state index is 0.0500. The van der Waals surface area contributed by atoms with E-state index < -0.39 is 24.4 Å². The van der Waals surface area contributed by atoms with Crippen molar-refractivity contribution >= 4 is 52.4 Å². The summed E-state index contributed by atoms with van der Waals surface area (Å²) in [6.45, 7) is 1.71. The van der Waals surface area contributed by atoms with Gasteiger partial charge >= 0.3 is 5.97 Å². The van der Waals surface area contributed by atoms with Crippen LogP contribution in [0.5, 0.6) is 0 Å². The van der Waals surface area contributed by atoms with Crippen molar-refractivity contribution in [2.75, 3.05) is 23.4 Å². The summed E-state index contributed by atoms with van der Waals surface area (Å²) in [6.07, 6.45) is 0.0500. The molecule has 1 aliphatic rings. The van der Waals surface area contributed by atoms with Gasteiger partial charge in [-0.1, -0.05) is 40.9 Å². The van der Waals surface area contributed by atoms with Crippen LogP contribution in [0.1, 0.15) is 12.0 Å². The van der Waals surface area contributed by atoms with Gasteiger partial charge in [-0.15, -0.1) is 0 Å². The number of anilines is 2. The van der Waals surface area contributed by atoms with Gasteiger partial charge in [0.15, 0.2) is 6.61 Å². The maximum absolute atomic E-state index is 12.3. The lowest BCUT2D eigenvalue weighted by Gasteiger charge is -2.16. The van der Waals surface area contributed by atoms with E-state index in [1.807, 2.05) is 31.2 Å². The van der Waals surface area contributed by atoms with Crippen molar-refractivity contribution in [2.45, 2.75) is 13.3 Å². The molecule has 0 aliphatic carbocycles. The fourth-order valence-electron chi connectivity index (χ4n) is 2.87. The highest BCUT2D eigenvalue weighted by molar-refractivity contribution is 6.35. The number of esters is 1. The molecule has 1 aliphatic heterocycles. The molecule has 0 bridgehead atoms. The highest BCUT2D eigenvalue weighted by Crippen LogP contribution is 2.27. The van der Waals surface area contributed by atoms with E-state index in [1.54, 1.807) is 17.0 Å². The number of benzene rings is 2. The Hall–Kier alpha value is -2.57. The summed E-state index contributed by atoms with van der Waals surface area (Å²) < 4.78 is 5.08. The minimum atomic E-state index is -0.614. The van der Waals surface area contributed by atoms with Crippen molar-refractivity contribution in [3.63, 3.8) is 0 Å². The lowest BCUT2D eigenvalue weighted by atomic mass is 10.1. The largest absolute Gasteiger partial charge is 0.455 e. The molecule has 28 heavy (non-hydrogen) atoms. The van der Waals surface area contributed by atoms with Crippen LogP contribution in [0.2, 0.25) is 10.0 Å². The van der Waals surface area contributed by atoms with Crippen LogP contribution in [0.3, 0.4) is 0 Å². The third-order valence-corrected chi connectivity index (χ3v) is 4.92. The highest BCUT2D eigenvalue weighted by Gasteiger charge is 2.36. The van der Waals surface area contributed by atoms with E-state index in [1.165, 1.54) is 6.07 Å². The van der Waals surface area contributed by atoms with Gasteiger partial charge in [-0.05, 0) is 37.3 Å². The molecular formula is C20H18Cl2N2O4. The zero-order valence-electron chi connectivity index (χ0n) is 15.1. The highest BCUT2D eigenvalue weighted by atomic mass is 35.5. The van der Waals surface area contributed by atoms with Gasteiger partial charge in [0.05, 0.1) is 16.6 Å². The van der Waals surface area contributed by atoms with Crippen LogP contribution in [0.15, 0.2) is 42.5 Å². The molecule has 146 valence electrons. The average molecular weight is 421 g/mol. The van der Waals surface area contributed by atoms with Crippen molar-refractivity contribution in [1.82, 2.24) is 0 Å². The quantitative estimate of drug-likeness (QED) is 0.745. The van der Waals surface area contributed by atoms with Crippen molar-refractivity contribution in [3.05, 3.63) is 58.1 Å². The molecule has 1 fully saturated rings. The Labute approximate surface area is 172 Å². The van der Waals surface area contributed by atoms with Gasteiger partial charge in [0.1, 0.15) is 0 Å². The molecule has 6 nitrogen and oxygen atoms in total. The maximum atomic E-state index is 12.3. The number of carbonyl (C=O) groups is 3. The van der Waals surface area contributed by atoms with Gasteiger partial charge in [-0.25, -0.2) is 0 Å². The van der Waals surface area contributed by atoms with E-state index in [2.05, 4.69) is 5.32 Å². The van der Waals surface area contributed by atoms with Crippen molar-refractivity contribution in [3.8, 4) is 0 Å². The molecule has 3 rings (SSSR count). The summed E-state index contributed by atoms with van der Waals surface area (Å²) in [5.74, 6) is -1.90. The van der Waals surface area contributed by atoms with Crippen LogP contribution in [0.25, 0.3) is 0 Å². The molecule has 2 aromatic rings. The maximum Gasteiger partial charge on any atom is 0.311 e. The van der Waals surface area contributed by atoms with Gasteiger partial charge in [-0.2, -0.15) is 0 Å². The molecule has 1 N–H and O–H groups in total. The number of nitrogens with one attached hydrogen (secondary N) is 1. The summed E-state index contributed by atoms with van der Waals surface area (Å²) in [6, 6.07) is 12.1. The summed E-state index contributed by atoms with van der Waals surface area (Å²) in [5, 5.41) is 3.27. The van der Waals surface area contributed by atoms with E-state index in [9.17, 15) is 14.4 Å². The number of amides is 2. The Bertz CT molecular complexity index is 915. The first kappa shape index (κ1) is 20.2. The molecule has 1 heterocycles. The molecule has 0 aromatic heterocycles. The molecular weight excluding hydrogens is 403 g/mol. The first-order chi connectivity index (χ1) is 13.3. The fourth-order valence-corrected chi connectivity index (χ4v) is 3.21. The van der Waals surface area contributed by atoms with Gasteiger partial charge in [0.2, 0.25) is 5.91 Å². The van der Waals surface area contributed by atoms with Crippen LogP contribution in [0, 0.1) is 12.8 Å². The van der Waals surface area contributed by atoms with Gasteiger partial charge < -0.3 is 15.0 Å². The number of rotatable bonds is 5. The molecule has 0 unspecified atom stereocenters. The SMILES string of the molecule is Cc1ccc(N2C[C@H](C(=O)OCC(=O)Nc3cc(Cl)ccc3Cl)CC2=O)cc1. The molecule has 2 amide bonds. The second-order valence-corrected chi connectivity index (χ2v) is 7.36. The van der Waals surface area contributed by atoms with Crippen LogP contribution >= 0.6 is 23.2 Å².